The van der Waals surface area contributed by atoms with Crippen molar-refractivity contribution in [2.45, 2.75) is 18.9 Å². The summed E-state index contributed by atoms with van der Waals surface area (Å²) in [5, 5.41) is 10.6. The standard InChI is InChI=1S/C25H27N3O6/c1-27(2)24(29)15-31-17-7-8-19-16(11-17)9-10-28-20(19)12-23(26-25(28)30)33-14-18-13-32-21-5-3-4-6-22(21)34-18/h3-8,11-12,18,25,30H,9-10,13-15H2,1-2H3. The van der Waals surface area contributed by atoms with Gasteiger partial charge < -0.3 is 33.9 Å². The fourth-order valence-electron chi connectivity index (χ4n) is 4.05. The number of aliphatic hydroxyl groups excluding tert-OH is 1. The first-order valence-corrected chi connectivity index (χ1v) is 11.2. The average molecular weight is 466 g/mol. The molecule has 0 fully saturated rings. The molecule has 0 saturated heterocycles. The zero-order chi connectivity index (χ0) is 23.7. The van der Waals surface area contributed by atoms with Gasteiger partial charge in [-0.1, -0.05) is 12.1 Å². The van der Waals surface area contributed by atoms with E-state index in [9.17, 15) is 9.90 Å². The van der Waals surface area contributed by atoms with E-state index in [0.29, 0.717) is 30.5 Å². The number of likely N-dealkylation sites (N-methyl/N-ethyl adjacent to an activating group) is 1. The van der Waals surface area contributed by atoms with Crippen LogP contribution in [0, 0.1) is 0 Å². The van der Waals surface area contributed by atoms with Crippen molar-refractivity contribution in [2.24, 2.45) is 4.99 Å². The molecule has 178 valence electrons. The van der Waals surface area contributed by atoms with Crippen molar-refractivity contribution in [3.05, 3.63) is 59.7 Å². The van der Waals surface area contributed by atoms with Crippen LogP contribution in [0.2, 0.25) is 0 Å². The van der Waals surface area contributed by atoms with Crippen molar-refractivity contribution in [1.29, 1.82) is 0 Å². The minimum absolute atomic E-state index is 0.0125. The van der Waals surface area contributed by atoms with Gasteiger partial charge in [0, 0.05) is 32.3 Å². The van der Waals surface area contributed by atoms with Crippen molar-refractivity contribution < 1.29 is 28.8 Å². The summed E-state index contributed by atoms with van der Waals surface area (Å²) in [5.41, 5.74) is 2.88. The van der Waals surface area contributed by atoms with Gasteiger partial charge in [0.15, 0.2) is 24.2 Å². The molecule has 9 heteroatoms. The summed E-state index contributed by atoms with van der Waals surface area (Å²) in [7, 11) is 3.39. The first-order chi connectivity index (χ1) is 16.5. The molecule has 1 N–H and O–H groups in total. The van der Waals surface area contributed by atoms with Gasteiger partial charge in [0.2, 0.25) is 12.2 Å². The molecular formula is C25H27N3O6. The van der Waals surface area contributed by atoms with Gasteiger partial charge in [0.25, 0.3) is 5.91 Å². The van der Waals surface area contributed by atoms with Crippen molar-refractivity contribution >= 4 is 17.5 Å². The number of benzene rings is 2. The minimum atomic E-state index is -1.03. The highest BCUT2D eigenvalue weighted by Crippen LogP contribution is 2.35. The third-order valence-electron chi connectivity index (χ3n) is 5.91. The van der Waals surface area contributed by atoms with Gasteiger partial charge in [-0.15, -0.1) is 0 Å². The maximum atomic E-state index is 11.8. The number of aliphatic hydroxyl groups is 1. The molecule has 9 nitrogen and oxygen atoms in total. The number of hydrogen-bond acceptors (Lipinski definition) is 8. The van der Waals surface area contributed by atoms with Crippen LogP contribution in [0.4, 0.5) is 0 Å². The van der Waals surface area contributed by atoms with E-state index >= 15 is 0 Å². The lowest BCUT2D eigenvalue weighted by Gasteiger charge is -2.37. The fraction of sp³-hybridized carbons (Fsp3) is 0.360. The summed E-state index contributed by atoms with van der Waals surface area (Å²) < 4.78 is 23.2. The normalized spacial score (nSPS) is 20.4. The highest BCUT2D eigenvalue weighted by atomic mass is 16.6. The van der Waals surface area contributed by atoms with Crippen LogP contribution in [-0.2, 0) is 16.0 Å². The summed E-state index contributed by atoms with van der Waals surface area (Å²) in [6.07, 6.45) is 1.25. The van der Waals surface area contributed by atoms with Gasteiger partial charge in [-0.05, 0) is 42.3 Å². The number of nitrogens with zero attached hydrogens (tertiary/aromatic N) is 3. The topological polar surface area (TPSA) is 93.1 Å². The van der Waals surface area contributed by atoms with Crippen molar-refractivity contribution in [2.75, 3.05) is 40.5 Å². The maximum Gasteiger partial charge on any atom is 0.259 e. The zero-order valence-electron chi connectivity index (χ0n) is 19.1. The molecule has 0 radical (unpaired) electrons. The number of rotatable bonds is 5. The van der Waals surface area contributed by atoms with E-state index in [4.69, 9.17) is 18.9 Å². The fourth-order valence-corrected chi connectivity index (χ4v) is 4.05. The summed E-state index contributed by atoms with van der Waals surface area (Å²) in [4.78, 5) is 19.4. The Morgan fingerprint density at radius 3 is 2.85 bits per heavy atom. The Labute approximate surface area is 197 Å². The molecule has 2 atom stereocenters. The molecule has 5 rings (SSSR count). The van der Waals surface area contributed by atoms with Crippen LogP contribution in [0.5, 0.6) is 17.2 Å². The Morgan fingerprint density at radius 1 is 1.21 bits per heavy atom. The van der Waals surface area contributed by atoms with Gasteiger partial charge in [0.1, 0.15) is 19.0 Å². The van der Waals surface area contributed by atoms with Crippen molar-refractivity contribution in [1.82, 2.24) is 9.80 Å². The van der Waals surface area contributed by atoms with Crippen LogP contribution in [0.3, 0.4) is 0 Å². The molecule has 2 aromatic carbocycles. The van der Waals surface area contributed by atoms with E-state index in [1.165, 1.54) is 4.90 Å². The first kappa shape index (κ1) is 22.1. The molecule has 0 spiro atoms. The van der Waals surface area contributed by atoms with E-state index < -0.39 is 6.35 Å². The molecule has 3 aliphatic heterocycles. The number of carbonyl (C=O) groups is 1. The summed E-state index contributed by atoms with van der Waals surface area (Å²) in [6, 6.07) is 13.2. The molecule has 0 saturated carbocycles. The molecule has 0 bridgehead atoms. The number of fused-ring (bicyclic) bond motifs is 4. The minimum Gasteiger partial charge on any atom is -0.486 e. The second kappa shape index (κ2) is 9.26. The Bertz CT molecular complexity index is 1150. The van der Waals surface area contributed by atoms with Crippen LogP contribution in [0.25, 0.3) is 5.70 Å². The second-order valence-electron chi connectivity index (χ2n) is 8.49. The summed E-state index contributed by atoms with van der Waals surface area (Å²) >= 11 is 0. The van der Waals surface area contributed by atoms with Crippen LogP contribution >= 0.6 is 0 Å². The molecule has 3 aliphatic rings. The van der Waals surface area contributed by atoms with Gasteiger partial charge in [0.05, 0.1) is 5.70 Å². The second-order valence-corrected chi connectivity index (χ2v) is 8.49. The molecule has 34 heavy (non-hydrogen) atoms. The van der Waals surface area contributed by atoms with Crippen molar-refractivity contribution in [3.8, 4) is 17.2 Å². The highest BCUT2D eigenvalue weighted by Gasteiger charge is 2.31. The van der Waals surface area contributed by atoms with Gasteiger partial charge in [-0.25, -0.2) is 0 Å². The predicted octanol–water partition coefficient (Wildman–Crippen LogP) is 1.90. The SMILES string of the molecule is CN(C)C(=O)COc1ccc2c(c1)CCN1C2=CC(OCC2COc3ccccc3O2)=NC1O. The molecule has 2 unspecified atom stereocenters. The Morgan fingerprint density at radius 2 is 2.03 bits per heavy atom. The molecule has 0 aliphatic carbocycles. The third-order valence-corrected chi connectivity index (χ3v) is 5.91. The third kappa shape index (κ3) is 4.51. The van der Waals surface area contributed by atoms with E-state index in [-0.39, 0.29) is 25.2 Å². The van der Waals surface area contributed by atoms with Gasteiger partial charge in [-0.2, -0.15) is 4.99 Å². The Kier molecular flexibility index (Phi) is 6.02. The van der Waals surface area contributed by atoms with E-state index in [0.717, 1.165) is 29.0 Å². The molecule has 1 amide bonds. The number of ether oxygens (including phenoxy) is 4. The number of para-hydroxylation sites is 2. The first-order valence-electron chi connectivity index (χ1n) is 11.2. The Hall–Kier alpha value is -3.72. The molecule has 2 aromatic rings. The van der Waals surface area contributed by atoms with Gasteiger partial charge >= 0.3 is 0 Å². The van der Waals surface area contributed by atoms with E-state index in [2.05, 4.69) is 4.99 Å². The van der Waals surface area contributed by atoms with E-state index in [1.54, 1.807) is 14.1 Å². The molecule has 0 aromatic heterocycles. The lowest BCUT2D eigenvalue weighted by Crippen LogP contribution is -2.41. The number of amides is 1. The lowest BCUT2D eigenvalue weighted by molar-refractivity contribution is -0.130. The van der Waals surface area contributed by atoms with Crippen LogP contribution < -0.4 is 14.2 Å². The van der Waals surface area contributed by atoms with Gasteiger partial charge in [-0.3, -0.25) is 4.79 Å². The lowest BCUT2D eigenvalue weighted by atomic mass is 9.95. The quantitative estimate of drug-likeness (QED) is 0.721. The average Bonchev–Trinajstić information content (AvgIpc) is 2.85. The van der Waals surface area contributed by atoms with Crippen LogP contribution in [0.1, 0.15) is 11.1 Å². The highest BCUT2D eigenvalue weighted by molar-refractivity contribution is 5.97. The van der Waals surface area contributed by atoms with Crippen molar-refractivity contribution in [3.63, 3.8) is 0 Å². The monoisotopic (exact) mass is 465 g/mol. The summed E-state index contributed by atoms with van der Waals surface area (Å²) in [5.74, 6) is 2.28. The number of aliphatic imine (C=N–C) groups is 1. The predicted molar refractivity (Wildman–Crippen MR) is 125 cm³/mol. The Balaban J connectivity index is 1.27. The van der Waals surface area contributed by atoms with Crippen LogP contribution in [0.15, 0.2) is 53.5 Å². The smallest absolute Gasteiger partial charge is 0.259 e. The zero-order valence-corrected chi connectivity index (χ0v) is 19.1. The largest absolute Gasteiger partial charge is 0.486 e. The summed E-state index contributed by atoms with van der Waals surface area (Å²) in [6.45, 7) is 1.20. The number of hydrogen-bond donors (Lipinski definition) is 1. The maximum absolute atomic E-state index is 11.8. The van der Waals surface area contributed by atoms with Crippen LogP contribution in [-0.4, -0.2) is 79.6 Å². The molecular weight excluding hydrogens is 438 g/mol. The molecule has 3 heterocycles. The number of carbonyl (C=O) groups excluding carboxylic acids is 1. The van der Waals surface area contributed by atoms with E-state index in [1.807, 2.05) is 53.4 Å².